The molecule has 0 heterocycles. The smallest absolute Gasteiger partial charge is 0.231 e. The second-order valence-corrected chi connectivity index (χ2v) is 6.96. The molecule has 144 valence electrons. The van der Waals surface area contributed by atoms with E-state index in [0.29, 0.717) is 6.61 Å². The molecular weight excluding hydrogens is 346 g/mol. The molecule has 3 aromatic carbocycles. The molecule has 0 aliphatic carbocycles. The number of nitrogens with one attached hydrogen (secondary N) is 1. The number of hydrogen-bond acceptors (Lipinski definition) is 2. The van der Waals surface area contributed by atoms with Crippen LogP contribution < -0.4 is 10.1 Å². The zero-order valence-electron chi connectivity index (χ0n) is 16.5. The summed E-state index contributed by atoms with van der Waals surface area (Å²) in [6.07, 6.45) is 1.95. The predicted octanol–water partition coefficient (Wildman–Crippen LogP) is 5.96. The van der Waals surface area contributed by atoms with Crippen LogP contribution >= 0.6 is 0 Å². The maximum Gasteiger partial charge on any atom is 0.231 e. The molecule has 0 spiro atoms. The Labute approximate surface area is 167 Å². The zero-order valence-corrected chi connectivity index (χ0v) is 16.5. The average molecular weight is 373 g/mol. The summed E-state index contributed by atoms with van der Waals surface area (Å²) in [4.78, 5) is 12.8. The van der Waals surface area contributed by atoms with Crippen molar-refractivity contribution in [1.29, 1.82) is 0 Å². The summed E-state index contributed by atoms with van der Waals surface area (Å²) >= 11 is 0. The Morgan fingerprint density at radius 1 is 0.964 bits per heavy atom. The second kappa shape index (κ2) is 9.75. The first-order valence-electron chi connectivity index (χ1n) is 9.83. The summed E-state index contributed by atoms with van der Waals surface area (Å²) in [5.41, 5.74) is 4.08. The normalized spacial score (nSPS) is 11.6. The summed E-state index contributed by atoms with van der Waals surface area (Å²) < 4.78 is 5.86. The Morgan fingerprint density at radius 2 is 1.64 bits per heavy atom. The number of para-hydroxylation sites is 1. The fourth-order valence-corrected chi connectivity index (χ4v) is 3.13. The van der Waals surface area contributed by atoms with Crippen molar-refractivity contribution >= 4 is 11.6 Å². The van der Waals surface area contributed by atoms with Gasteiger partial charge in [0.05, 0.1) is 5.92 Å². The van der Waals surface area contributed by atoms with Gasteiger partial charge in [0.25, 0.3) is 0 Å². The van der Waals surface area contributed by atoms with Crippen LogP contribution in [0.1, 0.15) is 42.9 Å². The van der Waals surface area contributed by atoms with Crippen LogP contribution in [0.25, 0.3) is 0 Å². The summed E-state index contributed by atoms with van der Waals surface area (Å²) in [7, 11) is 0. The fourth-order valence-electron chi connectivity index (χ4n) is 3.13. The van der Waals surface area contributed by atoms with E-state index in [9.17, 15) is 4.79 Å². The van der Waals surface area contributed by atoms with Crippen molar-refractivity contribution in [3.63, 3.8) is 0 Å². The van der Waals surface area contributed by atoms with E-state index < -0.39 is 0 Å². The van der Waals surface area contributed by atoms with Crippen LogP contribution in [0, 0.1) is 0 Å². The number of benzene rings is 3. The molecule has 3 nitrogen and oxygen atoms in total. The van der Waals surface area contributed by atoms with Crippen molar-refractivity contribution in [2.45, 2.75) is 39.2 Å². The van der Waals surface area contributed by atoms with Gasteiger partial charge in [-0.2, -0.15) is 0 Å². The molecule has 0 radical (unpaired) electrons. The summed E-state index contributed by atoms with van der Waals surface area (Å²) in [6, 6.07) is 25.8. The first-order valence-corrected chi connectivity index (χ1v) is 9.83. The number of hydrogen-bond donors (Lipinski definition) is 1. The largest absolute Gasteiger partial charge is 0.489 e. The molecule has 28 heavy (non-hydrogen) atoms. The molecular formula is C25H27NO2. The van der Waals surface area contributed by atoms with E-state index in [1.54, 1.807) is 0 Å². The third kappa shape index (κ3) is 5.23. The van der Waals surface area contributed by atoms with Crippen molar-refractivity contribution in [2.24, 2.45) is 0 Å². The number of anilines is 1. The van der Waals surface area contributed by atoms with Gasteiger partial charge in [0.1, 0.15) is 12.4 Å². The minimum atomic E-state index is -0.208. The number of amides is 1. The van der Waals surface area contributed by atoms with E-state index in [2.05, 4.69) is 24.4 Å². The number of rotatable bonds is 8. The summed E-state index contributed by atoms with van der Waals surface area (Å²) in [6.45, 7) is 4.55. The van der Waals surface area contributed by atoms with Gasteiger partial charge in [-0.15, -0.1) is 0 Å². The molecule has 0 bridgehead atoms. The third-order valence-corrected chi connectivity index (χ3v) is 4.79. The van der Waals surface area contributed by atoms with Crippen LogP contribution in [0.5, 0.6) is 5.75 Å². The van der Waals surface area contributed by atoms with Gasteiger partial charge in [0.15, 0.2) is 0 Å². The van der Waals surface area contributed by atoms with Gasteiger partial charge < -0.3 is 10.1 Å². The van der Waals surface area contributed by atoms with E-state index in [0.717, 1.165) is 41.0 Å². The molecule has 0 aromatic heterocycles. The van der Waals surface area contributed by atoms with Gasteiger partial charge in [-0.05, 0) is 48.2 Å². The maximum absolute atomic E-state index is 12.8. The van der Waals surface area contributed by atoms with Crippen LogP contribution in [0.2, 0.25) is 0 Å². The molecule has 1 amide bonds. The molecule has 0 saturated carbocycles. The van der Waals surface area contributed by atoms with Crippen molar-refractivity contribution in [3.8, 4) is 5.75 Å². The van der Waals surface area contributed by atoms with Gasteiger partial charge in [0.2, 0.25) is 5.91 Å². The first-order chi connectivity index (χ1) is 13.7. The van der Waals surface area contributed by atoms with Crippen molar-refractivity contribution in [1.82, 2.24) is 0 Å². The first kappa shape index (κ1) is 19.7. The number of ether oxygens (including phenoxy) is 1. The lowest BCUT2D eigenvalue weighted by atomic mass is 9.99. The Balaban J connectivity index is 1.74. The monoisotopic (exact) mass is 373 g/mol. The third-order valence-electron chi connectivity index (χ3n) is 4.79. The zero-order chi connectivity index (χ0) is 19.8. The van der Waals surface area contributed by atoms with Crippen LogP contribution in [0.3, 0.4) is 0 Å². The van der Waals surface area contributed by atoms with Crippen LogP contribution in [0.4, 0.5) is 5.69 Å². The maximum atomic E-state index is 12.8. The SMILES string of the molecule is CCCc1ccc(COc2ccccc2)cc1NC(=O)C(C)c1ccccc1. The van der Waals surface area contributed by atoms with E-state index in [4.69, 9.17) is 4.74 Å². The van der Waals surface area contributed by atoms with Crippen molar-refractivity contribution in [2.75, 3.05) is 5.32 Å². The van der Waals surface area contributed by atoms with E-state index >= 15 is 0 Å². The Bertz CT molecular complexity index is 891. The molecule has 0 aliphatic rings. The molecule has 0 fully saturated rings. The Morgan fingerprint density at radius 3 is 2.32 bits per heavy atom. The lowest BCUT2D eigenvalue weighted by Crippen LogP contribution is -2.20. The van der Waals surface area contributed by atoms with Gasteiger partial charge in [-0.3, -0.25) is 4.79 Å². The van der Waals surface area contributed by atoms with Gasteiger partial charge in [0, 0.05) is 5.69 Å². The highest BCUT2D eigenvalue weighted by Crippen LogP contribution is 2.24. The standard InChI is InChI=1S/C25H27NO2/c1-3-10-22-16-15-20(18-28-23-13-8-5-9-14-23)17-24(22)26-25(27)19(2)21-11-6-4-7-12-21/h4-9,11-17,19H,3,10,18H2,1-2H3,(H,26,27). The highest BCUT2D eigenvalue weighted by Gasteiger charge is 2.16. The minimum Gasteiger partial charge on any atom is -0.489 e. The quantitative estimate of drug-likeness (QED) is 0.529. The van der Waals surface area contributed by atoms with Crippen molar-refractivity contribution in [3.05, 3.63) is 95.6 Å². The highest BCUT2D eigenvalue weighted by molar-refractivity contribution is 5.96. The summed E-state index contributed by atoms with van der Waals surface area (Å²) in [5.74, 6) is 0.632. The Hall–Kier alpha value is -3.07. The van der Waals surface area contributed by atoms with E-state index in [1.165, 1.54) is 0 Å². The van der Waals surface area contributed by atoms with Gasteiger partial charge >= 0.3 is 0 Å². The van der Waals surface area contributed by atoms with E-state index in [-0.39, 0.29) is 11.8 Å². The topological polar surface area (TPSA) is 38.3 Å². The number of carbonyl (C=O) groups is 1. The Kier molecular flexibility index (Phi) is 6.85. The molecule has 1 atom stereocenters. The molecule has 0 saturated heterocycles. The average Bonchev–Trinajstić information content (AvgIpc) is 2.74. The lowest BCUT2D eigenvalue weighted by molar-refractivity contribution is -0.117. The van der Waals surface area contributed by atoms with Crippen LogP contribution in [-0.2, 0) is 17.8 Å². The number of carbonyl (C=O) groups excluding carboxylic acids is 1. The minimum absolute atomic E-state index is 0.00433. The summed E-state index contributed by atoms with van der Waals surface area (Å²) in [5, 5.41) is 3.14. The fraction of sp³-hybridized carbons (Fsp3) is 0.240. The van der Waals surface area contributed by atoms with Crippen molar-refractivity contribution < 1.29 is 9.53 Å². The molecule has 3 heteroatoms. The molecule has 3 aromatic rings. The van der Waals surface area contributed by atoms with Crippen LogP contribution in [-0.4, -0.2) is 5.91 Å². The number of aryl methyl sites for hydroxylation is 1. The van der Waals surface area contributed by atoms with Gasteiger partial charge in [-0.1, -0.05) is 74.0 Å². The van der Waals surface area contributed by atoms with Crippen LogP contribution in [0.15, 0.2) is 78.9 Å². The molecule has 0 aliphatic heterocycles. The molecule has 1 unspecified atom stereocenters. The van der Waals surface area contributed by atoms with E-state index in [1.807, 2.05) is 73.7 Å². The predicted molar refractivity (Wildman–Crippen MR) is 115 cm³/mol. The lowest BCUT2D eigenvalue weighted by Gasteiger charge is -2.16. The second-order valence-electron chi connectivity index (χ2n) is 6.96. The molecule has 1 N–H and O–H groups in total. The van der Waals surface area contributed by atoms with Gasteiger partial charge in [-0.25, -0.2) is 0 Å². The highest BCUT2D eigenvalue weighted by atomic mass is 16.5. The molecule has 3 rings (SSSR count).